The van der Waals surface area contributed by atoms with Crippen LogP contribution >= 0.6 is 39.1 Å². The van der Waals surface area contributed by atoms with E-state index in [0.717, 1.165) is 16.6 Å². The van der Waals surface area contributed by atoms with E-state index in [-0.39, 0.29) is 0 Å². The van der Waals surface area contributed by atoms with Crippen LogP contribution in [0.15, 0.2) is 40.9 Å². The summed E-state index contributed by atoms with van der Waals surface area (Å²) < 4.78 is 6.63. The van der Waals surface area contributed by atoms with Crippen molar-refractivity contribution in [2.45, 2.75) is 25.4 Å². The molecule has 0 aromatic heterocycles. The Morgan fingerprint density at radius 2 is 1.86 bits per heavy atom. The molecule has 1 N–H and O–H groups in total. The predicted molar refractivity (Wildman–Crippen MR) is 90.5 cm³/mol. The molecule has 0 amide bonds. The van der Waals surface area contributed by atoms with E-state index in [0.29, 0.717) is 27.6 Å². The molecular weight excluding hydrogens is 373 g/mol. The highest BCUT2D eigenvalue weighted by Gasteiger charge is 2.20. The number of halogens is 3. The highest BCUT2D eigenvalue weighted by molar-refractivity contribution is 9.10. The van der Waals surface area contributed by atoms with Crippen molar-refractivity contribution in [3.8, 4) is 11.5 Å². The molecule has 1 fully saturated rings. The van der Waals surface area contributed by atoms with Crippen LogP contribution in [-0.4, -0.2) is 6.04 Å². The highest BCUT2D eigenvalue weighted by atomic mass is 79.9. The van der Waals surface area contributed by atoms with E-state index in [9.17, 15) is 0 Å². The first-order valence-corrected chi connectivity index (χ1v) is 8.31. The summed E-state index contributed by atoms with van der Waals surface area (Å²) in [6.45, 7) is 0.843. The molecule has 1 saturated carbocycles. The maximum absolute atomic E-state index is 6.30. The Labute approximate surface area is 142 Å². The zero-order chi connectivity index (χ0) is 14.8. The second kappa shape index (κ2) is 6.57. The van der Waals surface area contributed by atoms with Crippen LogP contribution in [0.25, 0.3) is 0 Å². The van der Waals surface area contributed by atoms with Crippen molar-refractivity contribution < 1.29 is 4.74 Å². The third kappa shape index (κ3) is 4.13. The molecule has 0 aliphatic heterocycles. The molecular formula is C16H14BrCl2NO. The minimum absolute atomic E-state index is 0.604. The first-order valence-electron chi connectivity index (χ1n) is 6.76. The zero-order valence-corrected chi connectivity index (χ0v) is 14.3. The molecule has 2 aromatic rings. The van der Waals surface area contributed by atoms with E-state index >= 15 is 0 Å². The fraction of sp³-hybridized carbons (Fsp3) is 0.250. The van der Waals surface area contributed by atoms with Crippen molar-refractivity contribution in [2.75, 3.05) is 0 Å². The molecule has 2 aromatic carbocycles. The van der Waals surface area contributed by atoms with E-state index in [2.05, 4.69) is 21.2 Å². The summed E-state index contributed by atoms with van der Waals surface area (Å²) in [5.41, 5.74) is 1.16. The maximum Gasteiger partial charge on any atom is 0.146 e. The van der Waals surface area contributed by atoms with Crippen LogP contribution < -0.4 is 10.1 Å². The second-order valence-corrected chi connectivity index (χ2v) is 6.79. The molecule has 0 atom stereocenters. The van der Waals surface area contributed by atoms with Crippen LogP contribution in [0.1, 0.15) is 18.4 Å². The van der Waals surface area contributed by atoms with E-state index in [1.54, 1.807) is 12.1 Å². The molecule has 0 heterocycles. The van der Waals surface area contributed by atoms with Crippen LogP contribution in [0, 0.1) is 0 Å². The summed E-state index contributed by atoms with van der Waals surface area (Å²) in [4.78, 5) is 0. The third-order valence-corrected chi connectivity index (χ3v) is 4.43. The highest BCUT2D eigenvalue weighted by Crippen LogP contribution is 2.35. The molecule has 0 spiro atoms. The molecule has 1 aliphatic rings. The van der Waals surface area contributed by atoms with Crippen LogP contribution in [0.2, 0.25) is 10.0 Å². The lowest BCUT2D eigenvalue weighted by molar-refractivity contribution is 0.479. The maximum atomic E-state index is 6.30. The van der Waals surface area contributed by atoms with Crippen LogP contribution in [0.5, 0.6) is 11.5 Å². The van der Waals surface area contributed by atoms with Gasteiger partial charge in [0, 0.05) is 17.6 Å². The Hall–Kier alpha value is -0.740. The number of rotatable bonds is 5. The summed E-state index contributed by atoms with van der Waals surface area (Å²) in [6.07, 6.45) is 2.55. The molecule has 0 radical (unpaired) electrons. The van der Waals surface area contributed by atoms with Crippen LogP contribution in [-0.2, 0) is 6.54 Å². The van der Waals surface area contributed by atoms with Gasteiger partial charge in [0.05, 0.1) is 9.50 Å². The van der Waals surface area contributed by atoms with Gasteiger partial charge in [-0.3, -0.25) is 0 Å². The van der Waals surface area contributed by atoms with E-state index in [4.69, 9.17) is 27.9 Å². The molecule has 0 bridgehead atoms. The Morgan fingerprint density at radius 1 is 1.10 bits per heavy atom. The lowest BCUT2D eigenvalue weighted by Crippen LogP contribution is -2.15. The van der Waals surface area contributed by atoms with E-state index < -0.39 is 0 Å². The van der Waals surface area contributed by atoms with Crippen molar-refractivity contribution in [3.05, 3.63) is 56.5 Å². The van der Waals surface area contributed by atoms with Gasteiger partial charge in [-0.15, -0.1) is 0 Å². The van der Waals surface area contributed by atoms with Gasteiger partial charge in [-0.2, -0.15) is 0 Å². The standard InChI is InChI=1S/C16H14BrCl2NO/c17-13-8-11(18)2-6-15(13)21-16-5-1-10(7-14(16)19)9-20-12-3-4-12/h1-2,5-8,12,20H,3-4,9H2. The lowest BCUT2D eigenvalue weighted by Gasteiger charge is -2.11. The average Bonchev–Trinajstić information content (AvgIpc) is 3.26. The number of ether oxygens (including phenoxy) is 1. The molecule has 0 unspecified atom stereocenters. The Balaban J connectivity index is 1.72. The molecule has 5 heteroatoms. The zero-order valence-electron chi connectivity index (χ0n) is 11.2. The van der Waals surface area contributed by atoms with Crippen molar-refractivity contribution in [3.63, 3.8) is 0 Å². The van der Waals surface area contributed by atoms with Gasteiger partial charge in [-0.1, -0.05) is 29.3 Å². The average molecular weight is 387 g/mol. The molecule has 21 heavy (non-hydrogen) atoms. The van der Waals surface area contributed by atoms with Crippen molar-refractivity contribution in [1.29, 1.82) is 0 Å². The Bertz CT molecular complexity index is 659. The van der Waals surface area contributed by atoms with Crippen LogP contribution in [0.3, 0.4) is 0 Å². The van der Waals surface area contributed by atoms with E-state index in [1.807, 2.05) is 24.3 Å². The fourth-order valence-electron chi connectivity index (χ4n) is 1.96. The number of hydrogen-bond acceptors (Lipinski definition) is 2. The van der Waals surface area contributed by atoms with Gasteiger partial charge < -0.3 is 10.1 Å². The molecule has 1 aliphatic carbocycles. The normalized spacial score (nSPS) is 14.2. The summed E-state index contributed by atoms with van der Waals surface area (Å²) in [5, 5.41) is 4.72. The number of nitrogens with one attached hydrogen (secondary N) is 1. The first kappa shape index (κ1) is 15.2. The van der Waals surface area contributed by atoms with E-state index in [1.165, 1.54) is 12.8 Å². The first-order chi connectivity index (χ1) is 10.1. The van der Waals surface area contributed by atoms with Crippen molar-refractivity contribution in [2.24, 2.45) is 0 Å². The molecule has 3 rings (SSSR count). The molecule has 110 valence electrons. The predicted octanol–water partition coefficient (Wildman–Crippen LogP) is 5.80. The summed E-state index contributed by atoms with van der Waals surface area (Å²) in [5.74, 6) is 1.32. The Morgan fingerprint density at radius 3 is 2.52 bits per heavy atom. The smallest absolute Gasteiger partial charge is 0.146 e. The largest absolute Gasteiger partial charge is 0.455 e. The minimum atomic E-state index is 0.604. The van der Waals surface area contributed by atoms with Crippen molar-refractivity contribution in [1.82, 2.24) is 5.32 Å². The quantitative estimate of drug-likeness (QED) is 0.700. The van der Waals surface area contributed by atoms with Gasteiger partial charge in [-0.25, -0.2) is 0 Å². The van der Waals surface area contributed by atoms with Gasteiger partial charge in [0.25, 0.3) is 0 Å². The number of hydrogen-bond donors (Lipinski definition) is 1. The van der Waals surface area contributed by atoms with Crippen LogP contribution in [0.4, 0.5) is 0 Å². The lowest BCUT2D eigenvalue weighted by atomic mass is 10.2. The van der Waals surface area contributed by atoms with Gasteiger partial charge in [-0.05, 0) is 64.7 Å². The number of benzene rings is 2. The van der Waals surface area contributed by atoms with Gasteiger partial charge in [0.2, 0.25) is 0 Å². The molecule has 0 saturated heterocycles. The molecule has 2 nitrogen and oxygen atoms in total. The van der Waals surface area contributed by atoms with Gasteiger partial charge in [0.15, 0.2) is 0 Å². The van der Waals surface area contributed by atoms with Crippen molar-refractivity contribution >= 4 is 39.1 Å². The summed E-state index contributed by atoms with van der Waals surface area (Å²) in [7, 11) is 0. The van der Waals surface area contributed by atoms with Gasteiger partial charge >= 0.3 is 0 Å². The summed E-state index contributed by atoms with van der Waals surface area (Å²) >= 11 is 15.6. The van der Waals surface area contributed by atoms with Gasteiger partial charge in [0.1, 0.15) is 11.5 Å². The fourth-order valence-corrected chi connectivity index (χ4v) is 2.97. The minimum Gasteiger partial charge on any atom is -0.455 e. The topological polar surface area (TPSA) is 21.3 Å². The third-order valence-electron chi connectivity index (χ3n) is 3.28. The monoisotopic (exact) mass is 385 g/mol. The summed E-state index contributed by atoms with van der Waals surface area (Å²) in [6, 6.07) is 11.9. The Kier molecular flexibility index (Phi) is 4.75. The SMILES string of the molecule is Clc1ccc(Oc2ccc(CNC3CC3)cc2Cl)c(Br)c1. The second-order valence-electron chi connectivity index (χ2n) is 5.10.